The first-order chi connectivity index (χ1) is 14.2. The van der Waals surface area contributed by atoms with Crippen molar-refractivity contribution < 1.29 is 0 Å². The highest BCUT2D eigenvalue weighted by Crippen LogP contribution is 2.28. The first kappa shape index (κ1) is 20.9. The Morgan fingerprint density at radius 2 is 1.07 bits per heavy atom. The van der Waals surface area contributed by atoms with Crippen LogP contribution in [0.15, 0.2) is 59.3 Å². The third kappa shape index (κ3) is 5.41. The number of alkyl halides is 2. The van der Waals surface area contributed by atoms with E-state index < -0.39 is 0 Å². The Hall–Kier alpha value is -1.37. The summed E-state index contributed by atoms with van der Waals surface area (Å²) in [4.78, 5) is 9.07. The molecule has 2 aromatic heterocycles. The van der Waals surface area contributed by atoms with Gasteiger partial charge < -0.3 is 0 Å². The first-order valence-electron chi connectivity index (χ1n) is 9.02. The van der Waals surface area contributed by atoms with E-state index in [4.69, 9.17) is 23.2 Å². The molecule has 2 aromatic carbocycles. The summed E-state index contributed by atoms with van der Waals surface area (Å²) in [6.45, 7) is 0. The van der Waals surface area contributed by atoms with Crippen LogP contribution >= 0.6 is 57.6 Å². The minimum Gasteiger partial charge on any atom is -0.240 e. The fourth-order valence-electron chi connectivity index (χ4n) is 2.78. The normalized spacial score (nSPS) is 11.1. The molecule has 0 saturated heterocycles. The summed E-state index contributed by atoms with van der Waals surface area (Å²) in [5.41, 5.74) is 6.81. The molecular formula is C22H18Cl2N2S3. The average Bonchev–Trinajstić information content (AvgIpc) is 3.44. The van der Waals surface area contributed by atoms with Gasteiger partial charge in [0.05, 0.1) is 23.1 Å². The summed E-state index contributed by atoms with van der Waals surface area (Å²) < 4.78 is 0. The second kappa shape index (κ2) is 10.1. The molecule has 29 heavy (non-hydrogen) atoms. The standard InChI is InChI=1S/C22H18Cl2N2S3/c23-9-19-13-28-21(25-19)17-5-1-15(2-6-17)11-27-12-16-3-7-18(8-4-16)22-26-20(10-24)14-29-22/h1-8,13-14H,9-12H2. The van der Waals surface area contributed by atoms with Gasteiger partial charge in [-0.15, -0.1) is 45.9 Å². The van der Waals surface area contributed by atoms with Crippen molar-refractivity contribution in [2.45, 2.75) is 23.3 Å². The third-order valence-corrected chi connectivity index (χ3v) is 7.82. The van der Waals surface area contributed by atoms with Crippen molar-refractivity contribution >= 4 is 57.6 Å². The molecular weight excluding hydrogens is 459 g/mol. The fourth-order valence-corrected chi connectivity index (χ4v) is 5.84. The molecule has 0 spiro atoms. The number of benzene rings is 2. The van der Waals surface area contributed by atoms with Crippen LogP contribution in [-0.2, 0) is 23.3 Å². The molecule has 0 radical (unpaired) electrons. The van der Waals surface area contributed by atoms with Crippen LogP contribution in [0.25, 0.3) is 21.1 Å². The highest BCUT2D eigenvalue weighted by molar-refractivity contribution is 7.97. The Morgan fingerprint density at radius 1 is 0.655 bits per heavy atom. The highest BCUT2D eigenvalue weighted by atomic mass is 35.5. The molecule has 2 nitrogen and oxygen atoms in total. The van der Waals surface area contributed by atoms with Gasteiger partial charge in [0.2, 0.25) is 0 Å². The maximum absolute atomic E-state index is 5.84. The molecule has 0 aliphatic rings. The lowest BCUT2D eigenvalue weighted by molar-refractivity contribution is 1.23. The molecule has 0 N–H and O–H groups in total. The summed E-state index contributed by atoms with van der Waals surface area (Å²) >= 11 is 16.9. The van der Waals surface area contributed by atoms with Crippen LogP contribution < -0.4 is 0 Å². The Balaban J connectivity index is 1.30. The lowest BCUT2D eigenvalue weighted by Gasteiger charge is -2.05. The third-order valence-electron chi connectivity index (χ3n) is 4.32. The maximum atomic E-state index is 5.84. The molecule has 7 heteroatoms. The van der Waals surface area contributed by atoms with Crippen LogP contribution in [0, 0.1) is 0 Å². The van der Waals surface area contributed by atoms with E-state index in [1.807, 2.05) is 22.5 Å². The van der Waals surface area contributed by atoms with Crippen LogP contribution in [0.3, 0.4) is 0 Å². The SMILES string of the molecule is ClCc1csc(-c2ccc(CSCc3ccc(-c4nc(CCl)cs4)cc3)cc2)n1. The number of nitrogens with zero attached hydrogens (tertiary/aromatic N) is 2. The van der Waals surface area contributed by atoms with Crippen molar-refractivity contribution in [3.05, 3.63) is 81.8 Å². The van der Waals surface area contributed by atoms with Gasteiger partial charge in [0.25, 0.3) is 0 Å². The van der Waals surface area contributed by atoms with Gasteiger partial charge in [-0.3, -0.25) is 0 Å². The molecule has 2 heterocycles. The van der Waals surface area contributed by atoms with Crippen LogP contribution in [0.5, 0.6) is 0 Å². The van der Waals surface area contributed by atoms with Gasteiger partial charge in [-0.1, -0.05) is 48.5 Å². The van der Waals surface area contributed by atoms with Crippen molar-refractivity contribution in [3.63, 3.8) is 0 Å². The molecule has 4 rings (SSSR count). The van der Waals surface area contributed by atoms with Gasteiger partial charge in [-0.25, -0.2) is 9.97 Å². The summed E-state index contributed by atoms with van der Waals surface area (Å²) in [6.07, 6.45) is 0. The number of aromatic nitrogens is 2. The number of thiazole rings is 2. The van der Waals surface area contributed by atoms with Crippen molar-refractivity contribution in [1.82, 2.24) is 9.97 Å². The van der Waals surface area contributed by atoms with Crippen molar-refractivity contribution in [1.29, 1.82) is 0 Å². The lowest BCUT2D eigenvalue weighted by atomic mass is 10.1. The Bertz CT molecular complexity index is 971. The van der Waals surface area contributed by atoms with E-state index in [0.717, 1.165) is 44.0 Å². The lowest BCUT2D eigenvalue weighted by Crippen LogP contribution is -1.86. The summed E-state index contributed by atoms with van der Waals surface area (Å²) in [7, 11) is 0. The summed E-state index contributed by atoms with van der Waals surface area (Å²) in [6, 6.07) is 17.3. The quantitative estimate of drug-likeness (QED) is 0.242. The number of hydrogen-bond donors (Lipinski definition) is 0. The van der Waals surface area contributed by atoms with Gasteiger partial charge in [0.15, 0.2) is 0 Å². The van der Waals surface area contributed by atoms with Crippen molar-refractivity contribution in [3.8, 4) is 21.1 Å². The molecule has 0 amide bonds. The van der Waals surface area contributed by atoms with Crippen LogP contribution in [0.1, 0.15) is 22.5 Å². The van der Waals surface area contributed by atoms with E-state index >= 15 is 0 Å². The molecule has 0 fully saturated rings. The van der Waals surface area contributed by atoms with Crippen molar-refractivity contribution in [2.75, 3.05) is 0 Å². The molecule has 4 aromatic rings. The Kier molecular flexibility index (Phi) is 7.27. The van der Waals surface area contributed by atoms with Crippen LogP contribution in [0.4, 0.5) is 0 Å². The smallest absolute Gasteiger partial charge is 0.123 e. The Labute approximate surface area is 193 Å². The summed E-state index contributed by atoms with van der Waals surface area (Å²) in [5.74, 6) is 2.89. The Morgan fingerprint density at radius 3 is 1.41 bits per heavy atom. The van der Waals surface area contributed by atoms with E-state index in [2.05, 4.69) is 58.5 Å². The van der Waals surface area contributed by atoms with Gasteiger partial charge in [-0.05, 0) is 11.1 Å². The van der Waals surface area contributed by atoms with Crippen LogP contribution in [-0.4, -0.2) is 9.97 Å². The number of halogens is 2. The van der Waals surface area contributed by atoms with Gasteiger partial charge in [-0.2, -0.15) is 11.8 Å². The zero-order valence-corrected chi connectivity index (χ0v) is 19.4. The molecule has 0 bridgehead atoms. The maximum Gasteiger partial charge on any atom is 0.123 e. The van der Waals surface area contributed by atoms with E-state index in [1.54, 1.807) is 22.7 Å². The van der Waals surface area contributed by atoms with Gasteiger partial charge in [0.1, 0.15) is 10.0 Å². The second-order valence-corrected chi connectivity index (χ2v) is 9.68. The molecule has 0 aliphatic heterocycles. The topological polar surface area (TPSA) is 25.8 Å². The first-order valence-corrected chi connectivity index (χ1v) is 13.0. The predicted octanol–water partition coefficient (Wildman–Crippen LogP) is 7.84. The molecule has 0 atom stereocenters. The number of hydrogen-bond acceptors (Lipinski definition) is 5. The monoisotopic (exact) mass is 476 g/mol. The van der Waals surface area contributed by atoms with Gasteiger partial charge in [0, 0.05) is 33.4 Å². The van der Waals surface area contributed by atoms with Gasteiger partial charge >= 0.3 is 0 Å². The van der Waals surface area contributed by atoms with E-state index in [1.165, 1.54) is 11.1 Å². The number of rotatable bonds is 8. The molecule has 0 saturated carbocycles. The predicted molar refractivity (Wildman–Crippen MR) is 129 cm³/mol. The molecule has 0 aliphatic carbocycles. The van der Waals surface area contributed by atoms with E-state index in [-0.39, 0.29) is 0 Å². The van der Waals surface area contributed by atoms with Crippen LogP contribution in [0.2, 0.25) is 0 Å². The zero-order chi connectivity index (χ0) is 20.1. The highest BCUT2D eigenvalue weighted by Gasteiger charge is 2.06. The summed E-state index contributed by atoms with van der Waals surface area (Å²) in [5, 5.41) is 6.09. The zero-order valence-electron chi connectivity index (χ0n) is 15.5. The van der Waals surface area contributed by atoms with Crippen molar-refractivity contribution in [2.24, 2.45) is 0 Å². The molecule has 148 valence electrons. The van der Waals surface area contributed by atoms with E-state index in [9.17, 15) is 0 Å². The fraction of sp³-hybridized carbons (Fsp3) is 0.182. The largest absolute Gasteiger partial charge is 0.240 e. The van der Waals surface area contributed by atoms with E-state index in [0.29, 0.717) is 11.8 Å². The minimum absolute atomic E-state index is 0.463. The molecule has 0 unspecified atom stereocenters. The average molecular weight is 478 g/mol. The minimum atomic E-state index is 0.463. The number of thioether (sulfide) groups is 1. The second-order valence-electron chi connectivity index (χ2n) is 6.44.